The lowest BCUT2D eigenvalue weighted by Crippen LogP contribution is -2.11. The molecule has 0 bridgehead atoms. The quantitative estimate of drug-likeness (QED) is 0.389. The average Bonchev–Trinajstić information content (AvgIpc) is 2.94. The van der Waals surface area contributed by atoms with Crippen LogP contribution < -0.4 is 10.5 Å². The van der Waals surface area contributed by atoms with Crippen molar-refractivity contribution in [1.82, 2.24) is 0 Å². The molecule has 1 aromatic carbocycles. The van der Waals surface area contributed by atoms with Crippen LogP contribution in [-0.2, 0) is 6.18 Å². The van der Waals surface area contributed by atoms with Gasteiger partial charge in [0.05, 0.1) is 12.7 Å². The van der Waals surface area contributed by atoms with Gasteiger partial charge in [-0.2, -0.15) is 13.2 Å². The minimum Gasteiger partial charge on any atom is -0.496 e. The highest BCUT2D eigenvalue weighted by molar-refractivity contribution is 5.94. The van der Waals surface area contributed by atoms with Gasteiger partial charge < -0.3 is 20.1 Å². The molecular formula is C13H12ClF3N2O3. The summed E-state index contributed by atoms with van der Waals surface area (Å²) < 4.78 is 48.7. The lowest BCUT2D eigenvalue weighted by Gasteiger charge is -2.12. The van der Waals surface area contributed by atoms with Crippen molar-refractivity contribution in [2.24, 2.45) is 10.9 Å². The highest BCUT2D eigenvalue weighted by Gasteiger charge is 2.34. The van der Waals surface area contributed by atoms with Crippen molar-refractivity contribution in [1.29, 1.82) is 0 Å². The average molecular weight is 337 g/mol. The van der Waals surface area contributed by atoms with E-state index >= 15 is 0 Å². The Labute approximate surface area is 129 Å². The Kier molecular flexibility index (Phi) is 5.32. The number of alkyl halides is 3. The number of hydrogen-bond acceptors (Lipinski definition) is 4. The van der Waals surface area contributed by atoms with E-state index < -0.39 is 11.7 Å². The van der Waals surface area contributed by atoms with Crippen LogP contribution in [0.15, 0.2) is 39.9 Å². The monoisotopic (exact) mass is 336 g/mol. The van der Waals surface area contributed by atoms with Gasteiger partial charge in [0.2, 0.25) is 5.84 Å². The van der Waals surface area contributed by atoms with Crippen molar-refractivity contribution in [3.8, 4) is 17.1 Å². The summed E-state index contributed by atoms with van der Waals surface area (Å²) in [6.45, 7) is 0. The van der Waals surface area contributed by atoms with E-state index in [9.17, 15) is 13.2 Å². The second-order valence-corrected chi connectivity index (χ2v) is 4.06. The van der Waals surface area contributed by atoms with E-state index in [1.807, 2.05) is 0 Å². The van der Waals surface area contributed by atoms with Crippen molar-refractivity contribution in [2.45, 2.75) is 6.18 Å². The maximum Gasteiger partial charge on any atom is 0.419 e. The van der Waals surface area contributed by atoms with Crippen molar-refractivity contribution in [2.75, 3.05) is 7.11 Å². The summed E-state index contributed by atoms with van der Waals surface area (Å²) in [6, 6.07) is 6.34. The molecule has 22 heavy (non-hydrogen) atoms. The van der Waals surface area contributed by atoms with E-state index in [0.717, 1.165) is 13.2 Å². The number of hydrogen-bond donors (Lipinski definition) is 2. The maximum absolute atomic E-state index is 12.9. The summed E-state index contributed by atoms with van der Waals surface area (Å²) in [5, 5.41) is 11.3. The van der Waals surface area contributed by atoms with Crippen LogP contribution in [0.1, 0.15) is 11.3 Å². The second-order valence-electron chi connectivity index (χ2n) is 4.06. The Bertz CT molecular complexity index is 683. The molecule has 120 valence electrons. The molecule has 0 saturated heterocycles. The molecule has 0 atom stereocenters. The highest BCUT2D eigenvalue weighted by Crippen LogP contribution is 2.38. The van der Waals surface area contributed by atoms with Crippen molar-refractivity contribution < 1.29 is 27.5 Å². The Hall–Kier alpha value is -2.35. The summed E-state index contributed by atoms with van der Waals surface area (Å²) in [7, 11) is 1.16. The van der Waals surface area contributed by atoms with Crippen LogP contribution in [0.2, 0.25) is 0 Å². The number of methoxy groups -OCH3 is 1. The van der Waals surface area contributed by atoms with Crippen LogP contribution in [0.3, 0.4) is 0 Å². The van der Waals surface area contributed by atoms with Crippen LogP contribution in [-0.4, -0.2) is 18.2 Å². The second kappa shape index (κ2) is 6.61. The minimum atomic E-state index is -4.55. The molecule has 0 aliphatic carbocycles. The first-order valence-corrected chi connectivity index (χ1v) is 5.70. The molecule has 0 spiro atoms. The van der Waals surface area contributed by atoms with Gasteiger partial charge in [-0.3, -0.25) is 0 Å². The fourth-order valence-corrected chi connectivity index (χ4v) is 1.76. The molecule has 0 radical (unpaired) electrons. The van der Waals surface area contributed by atoms with Crippen LogP contribution >= 0.6 is 12.4 Å². The Morgan fingerprint density at radius 2 is 1.95 bits per heavy atom. The van der Waals surface area contributed by atoms with Gasteiger partial charge >= 0.3 is 6.18 Å². The predicted molar refractivity (Wildman–Crippen MR) is 75.5 cm³/mol. The van der Waals surface area contributed by atoms with Gasteiger partial charge in [0.15, 0.2) is 5.76 Å². The molecule has 0 amide bonds. The molecule has 0 aliphatic heterocycles. The lowest BCUT2D eigenvalue weighted by molar-refractivity contribution is -0.138. The normalized spacial score (nSPS) is 11.9. The molecular weight excluding hydrogens is 325 g/mol. The largest absolute Gasteiger partial charge is 0.496 e. The molecule has 2 rings (SSSR count). The van der Waals surface area contributed by atoms with Gasteiger partial charge in [0.1, 0.15) is 11.5 Å². The summed E-state index contributed by atoms with van der Waals surface area (Å²) in [6.07, 6.45) is -4.55. The molecule has 3 N–H and O–H groups in total. The first-order valence-electron chi connectivity index (χ1n) is 5.70. The zero-order valence-electron chi connectivity index (χ0n) is 11.2. The minimum absolute atomic E-state index is 0. The van der Waals surface area contributed by atoms with Gasteiger partial charge in [-0.05, 0) is 30.3 Å². The predicted octanol–water partition coefficient (Wildman–Crippen LogP) is 3.49. The third-order valence-corrected chi connectivity index (χ3v) is 2.76. The zero-order valence-corrected chi connectivity index (χ0v) is 12.0. The third kappa shape index (κ3) is 3.45. The first-order chi connectivity index (χ1) is 9.86. The Morgan fingerprint density at radius 3 is 2.50 bits per heavy atom. The molecule has 5 nitrogen and oxygen atoms in total. The number of oxime groups is 1. The summed E-state index contributed by atoms with van der Waals surface area (Å²) in [4.78, 5) is 0. The van der Waals surface area contributed by atoms with Crippen LogP contribution in [0.25, 0.3) is 11.3 Å². The summed E-state index contributed by atoms with van der Waals surface area (Å²) in [5.41, 5.74) is 4.62. The van der Waals surface area contributed by atoms with E-state index in [1.54, 1.807) is 0 Å². The number of nitrogens with two attached hydrogens (primary N) is 1. The zero-order chi connectivity index (χ0) is 15.6. The van der Waals surface area contributed by atoms with Crippen LogP contribution in [0.4, 0.5) is 13.2 Å². The van der Waals surface area contributed by atoms with Crippen LogP contribution in [0.5, 0.6) is 5.75 Å². The summed E-state index contributed by atoms with van der Waals surface area (Å²) in [5.74, 6) is -0.345. The van der Waals surface area contributed by atoms with Crippen molar-refractivity contribution >= 4 is 18.2 Å². The topological polar surface area (TPSA) is 81.0 Å². The number of halogens is 4. The molecule has 0 unspecified atom stereocenters. The lowest BCUT2D eigenvalue weighted by atomic mass is 10.1. The Balaban J connectivity index is 0.00000242. The fraction of sp³-hybridized carbons (Fsp3) is 0.154. The Morgan fingerprint density at radius 1 is 1.27 bits per heavy atom. The van der Waals surface area contributed by atoms with E-state index in [4.69, 9.17) is 20.1 Å². The number of amidine groups is 1. The highest BCUT2D eigenvalue weighted by atomic mass is 35.5. The van der Waals surface area contributed by atoms with Gasteiger partial charge in [-0.15, -0.1) is 12.4 Å². The standard InChI is InChI=1S/C13H11F3N2O3.ClH/c1-20-10-3-2-7(6-8(10)13(14,15)16)9-4-5-11(21-9)12(17)18-19;/h2-6,19H,1H3,(H2,17,18);1H. The molecule has 0 saturated carbocycles. The number of furan rings is 1. The number of rotatable bonds is 3. The number of benzene rings is 1. The number of nitrogens with zero attached hydrogens (tertiary/aromatic N) is 1. The first kappa shape index (κ1) is 17.7. The van der Waals surface area contributed by atoms with Crippen molar-refractivity contribution in [3.05, 3.63) is 41.7 Å². The van der Waals surface area contributed by atoms with Gasteiger partial charge in [-0.25, -0.2) is 0 Å². The van der Waals surface area contributed by atoms with Crippen LogP contribution in [0, 0.1) is 0 Å². The molecule has 1 aromatic heterocycles. The smallest absolute Gasteiger partial charge is 0.419 e. The summed E-state index contributed by atoms with van der Waals surface area (Å²) >= 11 is 0. The van der Waals surface area contributed by atoms with E-state index in [2.05, 4.69) is 5.16 Å². The molecule has 0 aliphatic rings. The maximum atomic E-state index is 12.9. The third-order valence-electron chi connectivity index (χ3n) is 2.76. The van der Waals surface area contributed by atoms with Crippen molar-refractivity contribution in [3.63, 3.8) is 0 Å². The number of ether oxygens (including phenoxy) is 1. The fourth-order valence-electron chi connectivity index (χ4n) is 1.76. The van der Waals surface area contributed by atoms with E-state index in [1.165, 1.54) is 24.3 Å². The van der Waals surface area contributed by atoms with Gasteiger partial charge in [-0.1, -0.05) is 5.16 Å². The molecule has 0 fully saturated rings. The SMILES string of the molecule is COc1ccc(-c2ccc(/C(N)=N\O)o2)cc1C(F)(F)F.Cl. The van der Waals surface area contributed by atoms with Gasteiger partial charge in [0.25, 0.3) is 0 Å². The van der Waals surface area contributed by atoms with Gasteiger partial charge in [0, 0.05) is 5.56 Å². The molecule has 2 aromatic rings. The molecule has 9 heteroatoms. The van der Waals surface area contributed by atoms with E-state index in [0.29, 0.717) is 0 Å². The molecule has 1 heterocycles. The van der Waals surface area contributed by atoms with E-state index in [-0.39, 0.29) is 41.1 Å².